The summed E-state index contributed by atoms with van der Waals surface area (Å²) in [6.07, 6.45) is 0.153. The maximum Gasteiger partial charge on any atom is 0.307 e. The molecule has 8 nitrogen and oxygen atoms in total. The number of methoxy groups -OCH3 is 2. The molecule has 0 bridgehead atoms. The molecule has 0 radical (unpaired) electrons. The van der Waals surface area contributed by atoms with Crippen LogP contribution in [0.3, 0.4) is 0 Å². The summed E-state index contributed by atoms with van der Waals surface area (Å²) in [5.74, 6) is 1.22. The number of carbonyl (C=O) groups is 2. The van der Waals surface area contributed by atoms with E-state index in [0.717, 1.165) is 10.2 Å². The van der Waals surface area contributed by atoms with Gasteiger partial charge in [-0.15, -0.1) is 0 Å². The molecular weight excluding hydrogens is 408 g/mol. The minimum Gasteiger partial charge on any atom is -0.497 e. The first-order valence-electron chi connectivity index (χ1n) is 9.32. The van der Waals surface area contributed by atoms with Crippen molar-refractivity contribution in [2.45, 2.75) is 13.0 Å². The number of carbonyl (C=O) groups excluding carboxylic acids is 2. The van der Waals surface area contributed by atoms with Crippen LogP contribution in [-0.2, 0) is 16.1 Å². The van der Waals surface area contributed by atoms with Gasteiger partial charge in [-0.3, -0.25) is 9.59 Å². The number of benzene rings is 2. The molecule has 9 heteroatoms. The summed E-state index contributed by atoms with van der Waals surface area (Å²) in [6.45, 7) is 1.28. The van der Waals surface area contributed by atoms with Crippen LogP contribution in [0.15, 0.2) is 41.4 Å². The van der Waals surface area contributed by atoms with E-state index < -0.39 is 0 Å². The van der Waals surface area contributed by atoms with Gasteiger partial charge in [0.15, 0.2) is 16.3 Å². The largest absolute Gasteiger partial charge is 0.497 e. The number of nitrogens with zero attached hydrogens (tertiary/aromatic N) is 2. The van der Waals surface area contributed by atoms with E-state index in [-0.39, 0.29) is 18.3 Å². The average Bonchev–Trinajstić information content (AvgIpc) is 3.11. The minimum atomic E-state index is -0.381. The number of hydrogen-bond acceptors (Lipinski definition) is 7. The summed E-state index contributed by atoms with van der Waals surface area (Å²) in [5, 5.41) is 0. The van der Waals surface area contributed by atoms with Gasteiger partial charge in [0.25, 0.3) is 5.91 Å². The van der Waals surface area contributed by atoms with Crippen LogP contribution < -0.4 is 19.0 Å². The Balaban J connectivity index is 1.78. The molecule has 1 amide bonds. The molecular formula is C21H20N2O6S. The van der Waals surface area contributed by atoms with Crippen LogP contribution in [-0.4, -0.2) is 43.9 Å². The highest BCUT2D eigenvalue weighted by Gasteiger charge is 2.17. The maximum atomic E-state index is 12.7. The zero-order chi connectivity index (χ0) is 21.1. The van der Waals surface area contributed by atoms with E-state index in [4.69, 9.17) is 18.9 Å². The number of esters is 1. The molecule has 1 aliphatic rings. The number of rotatable bonds is 5. The molecule has 0 spiro atoms. The summed E-state index contributed by atoms with van der Waals surface area (Å²) in [5.41, 5.74) is 1.26. The third kappa shape index (κ3) is 4.02. The van der Waals surface area contributed by atoms with Gasteiger partial charge in [-0.25, -0.2) is 0 Å². The van der Waals surface area contributed by atoms with Crippen molar-refractivity contribution in [3.05, 3.63) is 46.8 Å². The fraction of sp³-hybridized carbons (Fsp3) is 0.286. The van der Waals surface area contributed by atoms with Crippen molar-refractivity contribution in [1.29, 1.82) is 0 Å². The average molecular weight is 428 g/mol. The lowest BCUT2D eigenvalue weighted by molar-refractivity contribution is -0.140. The molecule has 0 saturated heterocycles. The molecule has 30 heavy (non-hydrogen) atoms. The fourth-order valence-corrected chi connectivity index (χ4v) is 4.16. The normalized spacial score (nSPS) is 13.3. The third-order valence-electron chi connectivity index (χ3n) is 4.65. The Morgan fingerprint density at radius 1 is 1.10 bits per heavy atom. The topological polar surface area (TPSA) is 88.4 Å². The van der Waals surface area contributed by atoms with Crippen molar-refractivity contribution < 1.29 is 28.5 Å². The summed E-state index contributed by atoms with van der Waals surface area (Å²) in [4.78, 5) is 29.2. The summed E-state index contributed by atoms with van der Waals surface area (Å²) >= 11 is 1.35. The van der Waals surface area contributed by atoms with Gasteiger partial charge in [-0.1, -0.05) is 11.3 Å². The number of fused-ring (bicyclic) bond motifs is 2. The first-order chi connectivity index (χ1) is 14.6. The van der Waals surface area contributed by atoms with Crippen molar-refractivity contribution in [2.24, 2.45) is 4.99 Å². The van der Waals surface area contributed by atoms with Gasteiger partial charge in [0.2, 0.25) is 0 Å². The maximum absolute atomic E-state index is 12.7. The van der Waals surface area contributed by atoms with Crippen LogP contribution in [0.2, 0.25) is 0 Å². The zero-order valence-corrected chi connectivity index (χ0v) is 17.4. The predicted octanol–water partition coefficient (Wildman–Crippen LogP) is 2.79. The molecule has 2 heterocycles. The van der Waals surface area contributed by atoms with Crippen LogP contribution >= 0.6 is 11.3 Å². The standard InChI is InChI=1S/C21H20N2O6S/c1-26-14-5-3-13(4-6-14)20(25)22-21-23(8-7-19(24)27-2)15-11-16-17(12-18(15)30-21)29-10-9-28-16/h3-6,11-12H,7-10H2,1-2H3. The summed E-state index contributed by atoms with van der Waals surface area (Å²) < 4.78 is 23.9. The lowest BCUT2D eigenvalue weighted by atomic mass is 10.2. The lowest BCUT2D eigenvalue weighted by Gasteiger charge is -2.18. The number of aryl methyl sites for hydroxylation is 1. The highest BCUT2D eigenvalue weighted by Crippen LogP contribution is 2.35. The SMILES string of the molecule is COC(=O)CCn1c(=NC(=O)c2ccc(OC)cc2)sc2cc3c(cc21)OCCO3. The van der Waals surface area contributed by atoms with Gasteiger partial charge in [0.05, 0.1) is 30.9 Å². The van der Waals surface area contributed by atoms with Crippen molar-refractivity contribution in [2.75, 3.05) is 27.4 Å². The van der Waals surface area contributed by atoms with Crippen LogP contribution in [0.25, 0.3) is 10.2 Å². The van der Waals surface area contributed by atoms with Crippen molar-refractivity contribution in [1.82, 2.24) is 4.57 Å². The Morgan fingerprint density at radius 3 is 2.47 bits per heavy atom. The van der Waals surface area contributed by atoms with E-state index >= 15 is 0 Å². The molecule has 0 atom stereocenters. The number of amides is 1. The zero-order valence-electron chi connectivity index (χ0n) is 16.5. The van der Waals surface area contributed by atoms with Gasteiger partial charge in [-0.2, -0.15) is 4.99 Å². The molecule has 4 rings (SSSR count). The molecule has 0 aliphatic carbocycles. The van der Waals surface area contributed by atoms with Crippen molar-refractivity contribution in [3.8, 4) is 17.2 Å². The Kier molecular flexibility index (Phi) is 5.71. The first kappa shape index (κ1) is 20.0. The Labute approximate surface area is 176 Å². The minimum absolute atomic E-state index is 0.153. The Hall–Kier alpha value is -3.33. The van der Waals surface area contributed by atoms with Gasteiger partial charge in [0, 0.05) is 24.2 Å². The third-order valence-corrected chi connectivity index (χ3v) is 5.69. The van der Waals surface area contributed by atoms with E-state index in [1.54, 1.807) is 31.4 Å². The smallest absolute Gasteiger partial charge is 0.307 e. The summed E-state index contributed by atoms with van der Waals surface area (Å²) in [6, 6.07) is 10.5. The second-order valence-electron chi connectivity index (χ2n) is 6.47. The second-order valence-corrected chi connectivity index (χ2v) is 7.48. The van der Waals surface area contributed by atoms with Gasteiger partial charge in [0.1, 0.15) is 19.0 Å². The van der Waals surface area contributed by atoms with Gasteiger partial charge in [-0.05, 0) is 24.3 Å². The number of aromatic nitrogens is 1. The monoisotopic (exact) mass is 428 g/mol. The first-order valence-corrected chi connectivity index (χ1v) is 10.1. The quantitative estimate of drug-likeness (QED) is 0.581. The molecule has 156 valence electrons. The summed E-state index contributed by atoms with van der Waals surface area (Å²) in [7, 11) is 2.91. The fourth-order valence-electron chi connectivity index (χ4n) is 3.10. The van der Waals surface area contributed by atoms with E-state index in [2.05, 4.69) is 4.99 Å². The molecule has 3 aromatic rings. The molecule has 1 aliphatic heterocycles. The van der Waals surface area contributed by atoms with Gasteiger partial charge < -0.3 is 23.5 Å². The number of thiazole rings is 1. The van der Waals surface area contributed by atoms with Gasteiger partial charge >= 0.3 is 5.97 Å². The predicted molar refractivity (Wildman–Crippen MR) is 110 cm³/mol. The lowest BCUT2D eigenvalue weighted by Crippen LogP contribution is -2.19. The second kappa shape index (κ2) is 8.58. The number of hydrogen-bond donors (Lipinski definition) is 0. The molecule has 0 unspecified atom stereocenters. The Morgan fingerprint density at radius 2 is 1.80 bits per heavy atom. The molecule has 0 N–H and O–H groups in total. The van der Waals surface area contributed by atoms with Crippen LogP contribution in [0.1, 0.15) is 16.8 Å². The molecule has 1 aromatic heterocycles. The highest BCUT2D eigenvalue weighted by atomic mass is 32.1. The van der Waals surface area contributed by atoms with Crippen LogP contribution in [0.4, 0.5) is 0 Å². The van der Waals surface area contributed by atoms with E-state index in [1.807, 2.05) is 16.7 Å². The number of ether oxygens (including phenoxy) is 4. The van der Waals surface area contributed by atoms with E-state index in [0.29, 0.717) is 47.4 Å². The molecule has 2 aromatic carbocycles. The molecule has 0 saturated carbocycles. The van der Waals surface area contributed by atoms with E-state index in [1.165, 1.54) is 18.4 Å². The van der Waals surface area contributed by atoms with Crippen molar-refractivity contribution >= 4 is 33.4 Å². The Bertz CT molecular complexity index is 1160. The molecule has 0 fully saturated rings. The van der Waals surface area contributed by atoms with Crippen molar-refractivity contribution in [3.63, 3.8) is 0 Å². The van der Waals surface area contributed by atoms with E-state index in [9.17, 15) is 9.59 Å². The van der Waals surface area contributed by atoms with Crippen LogP contribution in [0.5, 0.6) is 17.2 Å². The van der Waals surface area contributed by atoms with Crippen LogP contribution in [0, 0.1) is 0 Å². The highest BCUT2D eigenvalue weighted by molar-refractivity contribution is 7.16.